The SMILES string of the molecule is CC1CCC(C(N)=O)CC1N. The Morgan fingerprint density at radius 3 is 2.55 bits per heavy atom. The molecule has 11 heavy (non-hydrogen) atoms. The van der Waals surface area contributed by atoms with Gasteiger partial charge in [-0.05, 0) is 25.2 Å². The molecule has 0 aliphatic heterocycles. The van der Waals surface area contributed by atoms with E-state index in [1.165, 1.54) is 0 Å². The summed E-state index contributed by atoms with van der Waals surface area (Å²) in [5.74, 6) is 0.388. The number of carbonyl (C=O) groups is 1. The van der Waals surface area contributed by atoms with E-state index in [0.717, 1.165) is 19.3 Å². The van der Waals surface area contributed by atoms with Gasteiger partial charge in [0.1, 0.15) is 0 Å². The molecule has 0 spiro atoms. The Labute approximate surface area is 67.1 Å². The molecule has 0 aromatic heterocycles. The Balaban J connectivity index is 2.46. The lowest BCUT2D eigenvalue weighted by atomic mass is 9.79. The largest absolute Gasteiger partial charge is 0.369 e. The van der Waals surface area contributed by atoms with Gasteiger partial charge in [0, 0.05) is 12.0 Å². The Morgan fingerprint density at radius 2 is 2.09 bits per heavy atom. The highest BCUT2D eigenvalue weighted by molar-refractivity contribution is 5.76. The van der Waals surface area contributed by atoms with E-state index in [1.54, 1.807) is 0 Å². The minimum atomic E-state index is -0.188. The van der Waals surface area contributed by atoms with E-state index in [1.807, 2.05) is 0 Å². The van der Waals surface area contributed by atoms with Crippen molar-refractivity contribution in [2.24, 2.45) is 23.3 Å². The maximum absolute atomic E-state index is 10.8. The second-order valence-electron chi connectivity index (χ2n) is 3.55. The first-order valence-corrected chi connectivity index (χ1v) is 4.16. The number of nitrogens with two attached hydrogens (primary N) is 2. The van der Waals surface area contributed by atoms with Crippen LogP contribution in [-0.2, 0) is 4.79 Å². The second kappa shape index (κ2) is 3.22. The van der Waals surface area contributed by atoms with Gasteiger partial charge in [0.15, 0.2) is 0 Å². The van der Waals surface area contributed by atoms with Crippen LogP contribution in [0.15, 0.2) is 0 Å². The fourth-order valence-corrected chi connectivity index (χ4v) is 1.62. The van der Waals surface area contributed by atoms with Crippen LogP contribution in [0.5, 0.6) is 0 Å². The van der Waals surface area contributed by atoms with Gasteiger partial charge in [0.05, 0.1) is 0 Å². The number of carbonyl (C=O) groups excluding carboxylic acids is 1. The minimum Gasteiger partial charge on any atom is -0.369 e. The van der Waals surface area contributed by atoms with Crippen molar-refractivity contribution in [1.82, 2.24) is 0 Å². The van der Waals surface area contributed by atoms with Gasteiger partial charge in [-0.15, -0.1) is 0 Å². The molecule has 1 amide bonds. The lowest BCUT2D eigenvalue weighted by molar-refractivity contribution is -0.123. The van der Waals surface area contributed by atoms with E-state index < -0.39 is 0 Å². The first-order chi connectivity index (χ1) is 5.11. The first-order valence-electron chi connectivity index (χ1n) is 4.16. The zero-order valence-electron chi connectivity index (χ0n) is 6.92. The van der Waals surface area contributed by atoms with Crippen LogP contribution in [0.2, 0.25) is 0 Å². The highest BCUT2D eigenvalue weighted by Gasteiger charge is 2.27. The Bertz CT molecular complexity index is 158. The van der Waals surface area contributed by atoms with Crippen molar-refractivity contribution in [3.8, 4) is 0 Å². The molecule has 4 N–H and O–H groups in total. The van der Waals surface area contributed by atoms with Crippen molar-refractivity contribution in [2.75, 3.05) is 0 Å². The molecule has 0 bridgehead atoms. The summed E-state index contributed by atoms with van der Waals surface area (Å²) in [7, 11) is 0. The van der Waals surface area contributed by atoms with Crippen molar-refractivity contribution >= 4 is 5.91 Å². The zero-order chi connectivity index (χ0) is 8.43. The van der Waals surface area contributed by atoms with Crippen LogP contribution >= 0.6 is 0 Å². The topological polar surface area (TPSA) is 69.1 Å². The van der Waals surface area contributed by atoms with Crippen molar-refractivity contribution in [3.05, 3.63) is 0 Å². The van der Waals surface area contributed by atoms with Crippen molar-refractivity contribution in [2.45, 2.75) is 32.2 Å². The molecule has 1 rings (SSSR count). The van der Waals surface area contributed by atoms with Gasteiger partial charge in [-0.1, -0.05) is 6.92 Å². The molecule has 1 aliphatic carbocycles. The highest BCUT2D eigenvalue weighted by Crippen LogP contribution is 2.26. The smallest absolute Gasteiger partial charge is 0.220 e. The third-order valence-corrected chi connectivity index (χ3v) is 2.66. The average Bonchev–Trinajstić information content (AvgIpc) is 1.94. The fourth-order valence-electron chi connectivity index (χ4n) is 1.62. The van der Waals surface area contributed by atoms with Gasteiger partial charge in [0.25, 0.3) is 0 Å². The molecule has 64 valence electrons. The Kier molecular flexibility index (Phi) is 2.49. The summed E-state index contributed by atoms with van der Waals surface area (Å²) in [6.45, 7) is 2.13. The highest BCUT2D eigenvalue weighted by atomic mass is 16.1. The maximum atomic E-state index is 10.8. The van der Waals surface area contributed by atoms with Crippen LogP contribution in [0, 0.1) is 11.8 Å². The molecule has 3 unspecified atom stereocenters. The Morgan fingerprint density at radius 1 is 1.45 bits per heavy atom. The monoisotopic (exact) mass is 156 g/mol. The van der Waals surface area contributed by atoms with Crippen molar-refractivity contribution in [3.63, 3.8) is 0 Å². The quantitative estimate of drug-likeness (QED) is 0.570. The molecule has 0 saturated heterocycles. The number of primary amides is 1. The third-order valence-electron chi connectivity index (χ3n) is 2.66. The van der Waals surface area contributed by atoms with E-state index in [-0.39, 0.29) is 17.9 Å². The molecule has 1 aliphatic rings. The summed E-state index contributed by atoms with van der Waals surface area (Å²) in [5.41, 5.74) is 11.0. The molecule has 0 radical (unpaired) electrons. The van der Waals surface area contributed by atoms with Gasteiger partial charge in [-0.25, -0.2) is 0 Å². The maximum Gasteiger partial charge on any atom is 0.220 e. The van der Waals surface area contributed by atoms with Crippen LogP contribution in [-0.4, -0.2) is 11.9 Å². The van der Waals surface area contributed by atoms with Gasteiger partial charge in [-0.2, -0.15) is 0 Å². The summed E-state index contributed by atoms with van der Waals surface area (Å²) in [6, 6.07) is 0.168. The van der Waals surface area contributed by atoms with E-state index >= 15 is 0 Å². The van der Waals surface area contributed by atoms with Gasteiger partial charge in [0.2, 0.25) is 5.91 Å². The third kappa shape index (κ3) is 1.93. The number of rotatable bonds is 1. The summed E-state index contributed by atoms with van der Waals surface area (Å²) in [4.78, 5) is 10.8. The molecule has 0 aromatic carbocycles. The minimum absolute atomic E-state index is 0.0289. The standard InChI is InChI=1S/C8H16N2O/c1-5-2-3-6(8(10)11)4-7(5)9/h5-7H,2-4,9H2,1H3,(H2,10,11). The number of hydrogen-bond acceptors (Lipinski definition) is 2. The van der Waals surface area contributed by atoms with Gasteiger partial charge < -0.3 is 11.5 Å². The first kappa shape index (κ1) is 8.53. The summed E-state index contributed by atoms with van der Waals surface area (Å²) >= 11 is 0. The van der Waals surface area contributed by atoms with Crippen LogP contribution in [0.1, 0.15) is 26.2 Å². The molecule has 1 fully saturated rings. The van der Waals surface area contributed by atoms with Crippen LogP contribution in [0.3, 0.4) is 0 Å². The average molecular weight is 156 g/mol. The molecule has 0 aromatic rings. The number of hydrogen-bond donors (Lipinski definition) is 2. The molecule has 3 atom stereocenters. The molecule has 3 nitrogen and oxygen atoms in total. The van der Waals surface area contributed by atoms with Crippen molar-refractivity contribution in [1.29, 1.82) is 0 Å². The lowest BCUT2D eigenvalue weighted by Crippen LogP contribution is -2.39. The van der Waals surface area contributed by atoms with Gasteiger partial charge >= 0.3 is 0 Å². The van der Waals surface area contributed by atoms with E-state index in [2.05, 4.69) is 6.92 Å². The molecular formula is C8H16N2O. The lowest BCUT2D eigenvalue weighted by Gasteiger charge is -2.29. The molecular weight excluding hydrogens is 140 g/mol. The fraction of sp³-hybridized carbons (Fsp3) is 0.875. The predicted molar refractivity (Wildman–Crippen MR) is 43.7 cm³/mol. The van der Waals surface area contributed by atoms with E-state index in [0.29, 0.717) is 5.92 Å². The molecule has 1 saturated carbocycles. The van der Waals surface area contributed by atoms with E-state index in [4.69, 9.17) is 11.5 Å². The van der Waals surface area contributed by atoms with E-state index in [9.17, 15) is 4.79 Å². The van der Waals surface area contributed by atoms with Crippen LogP contribution < -0.4 is 11.5 Å². The second-order valence-corrected chi connectivity index (χ2v) is 3.55. The normalized spacial score (nSPS) is 38.5. The van der Waals surface area contributed by atoms with Gasteiger partial charge in [-0.3, -0.25) is 4.79 Å². The molecule has 0 heterocycles. The predicted octanol–water partition coefficient (Wildman–Crippen LogP) is 0.235. The molecule has 3 heteroatoms. The Hall–Kier alpha value is -0.570. The van der Waals surface area contributed by atoms with Crippen LogP contribution in [0.4, 0.5) is 0 Å². The summed E-state index contributed by atoms with van der Waals surface area (Å²) < 4.78 is 0. The zero-order valence-corrected chi connectivity index (χ0v) is 6.92. The van der Waals surface area contributed by atoms with Crippen LogP contribution in [0.25, 0.3) is 0 Å². The summed E-state index contributed by atoms with van der Waals surface area (Å²) in [6.07, 6.45) is 2.73. The van der Waals surface area contributed by atoms with Crippen molar-refractivity contribution < 1.29 is 4.79 Å². The summed E-state index contributed by atoms with van der Waals surface area (Å²) in [5, 5.41) is 0. The number of amides is 1.